The van der Waals surface area contributed by atoms with Crippen LogP contribution in [0.3, 0.4) is 0 Å². The lowest BCUT2D eigenvalue weighted by Crippen LogP contribution is -2.20. The number of hydrogen-bond donors (Lipinski definition) is 1. The fraction of sp³-hybridized carbons (Fsp3) is 0.364. The number of fused-ring (bicyclic) bond motifs is 1. The van der Waals surface area contributed by atoms with Crippen molar-refractivity contribution in [2.45, 2.75) is 12.8 Å². The molecule has 0 atom stereocenters. The average Bonchev–Trinajstić information content (AvgIpc) is 2.97. The van der Waals surface area contributed by atoms with E-state index in [1.165, 1.54) is 6.20 Å². The number of hydrogen-bond acceptors (Lipinski definition) is 4. The number of carbonyl (C=O) groups is 1. The van der Waals surface area contributed by atoms with Crippen LogP contribution in [0.2, 0.25) is 0 Å². The van der Waals surface area contributed by atoms with Crippen LogP contribution in [-0.4, -0.2) is 38.5 Å². The molecule has 0 saturated carbocycles. The first-order valence-corrected chi connectivity index (χ1v) is 5.57. The normalized spacial score (nSPS) is 15.6. The Hall–Kier alpha value is -2.11. The molecule has 6 heteroatoms. The van der Waals surface area contributed by atoms with E-state index in [-0.39, 0.29) is 5.69 Å². The number of carboxylic acid groups (broad SMARTS) is 1. The van der Waals surface area contributed by atoms with Crippen LogP contribution in [-0.2, 0) is 0 Å². The first-order chi connectivity index (χ1) is 8.27. The highest BCUT2D eigenvalue weighted by molar-refractivity contribution is 5.87. The Labute approximate surface area is 97.5 Å². The van der Waals surface area contributed by atoms with Gasteiger partial charge in [0, 0.05) is 25.5 Å². The van der Waals surface area contributed by atoms with Gasteiger partial charge in [0.2, 0.25) is 0 Å². The molecule has 3 rings (SSSR count). The van der Waals surface area contributed by atoms with Crippen LogP contribution in [0.5, 0.6) is 0 Å². The van der Waals surface area contributed by atoms with Crippen LogP contribution >= 0.6 is 0 Å². The fourth-order valence-electron chi connectivity index (χ4n) is 2.22. The van der Waals surface area contributed by atoms with Gasteiger partial charge in [0.05, 0.1) is 6.20 Å². The van der Waals surface area contributed by atoms with Crippen LogP contribution in [0.15, 0.2) is 18.6 Å². The van der Waals surface area contributed by atoms with Crippen molar-refractivity contribution in [3.63, 3.8) is 0 Å². The molecule has 2 aromatic rings. The van der Waals surface area contributed by atoms with Gasteiger partial charge >= 0.3 is 5.97 Å². The number of imidazole rings is 1. The fourth-order valence-corrected chi connectivity index (χ4v) is 2.22. The molecule has 1 fully saturated rings. The summed E-state index contributed by atoms with van der Waals surface area (Å²) in [6.07, 6.45) is 6.92. The van der Waals surface area contributed by atoms with Crippen molar-refractivity contribution in [3.8, 4) is 0 Å². The van der Waals surface area contributed by atoms with E-state index in [2.05, 4.69) is 14.9 Å². The summed E-state index contributed by atoms with van der Waals surface area (Å²) in [5.74, 6) is -0.200. The van der Waals surface area contributed by atoms with Gasteiger partial charge in [-0.25, -0.2) is 14.8 Å². The molecule has 1 aliphatic heterocycles. The molecule has 3 heterocycles. The zero-order chi connectivity index (χ0) is 11.8. The second-order valence-corrected chi connectivity index (χ2v) is 4.09. The number of aromatic nitrogens is 3. The topological polar surface area (TPSA) is 70.7 Å². The molecule has 0 radical (unpaired) electrons. The molecule has 0 aliphatic carbocycles. The lowest BCUT2D eigenvalue weighted by atomic mass is 10.4. The van der Waals surface area contributed by atoms with E-state index in [0.29, 0.717) is 5.65 Å². The molecular weight excluding hydrogens is 220 g/mol. The Kier molecular flexibility index (Phi) is 2.21. The average molecular weight is 232 g/mol. The highest BCUT2D eigenvalue weighted by Gasteiger charge is 2.19. The summed E-state index contributed by atoms with van der Waals surface area (Å²) in [4.78, 5) is 21.6. The molecule has 6 nitrogen and oxygen atoms in total. The van der Waals surface area contributed by atoms with Crippen molar-refractivity contribution < 1.29 is 9.90 Å². The standard InChI is InChI=1S/C11H12N4O2/c16-11(17)8-7-13-10-9(12-3-6-15(8)10)14-4-1-2-5-14/h3,6-7H,1-2,4-5H2,(H,16,17). The van der Waals surface area contributed by atoms with Gasteiger partial charge in [0.25, 0.3) is 0 Å². The van der Waals surface area contributed by atoms with E-state index in [1.807, 2.05) is 0 Å². The Morgan fingerprint density at radius 2 is 2.06 bits per heavy atom. The predicted octanol–water partition coefficient (Wildman–Crippen LogP) is 1.03. The van der Waals surface area contributed by atoms with Gasteiger partial charge < -0.3 is 10.0 Å². The van der Waals surface area contributed by atoms with Crippen molar-refractivity contribution >= 4 is 17.4 Å². The van der Waals surface area contributed by atoms with Gasteiger partial charge in [-0.1, -0.05) is 0 Å². The maximum absolute atomic E-state index is 11.0. The summed E-state index contributed by atoms with van der Waals surface area (Å²) in [5.41, 5.74) is 0.787. The number of nitrogens with zero attached hydrogens (tertiary/aromatic N) is 4. The quantitative estimate of drug-likeness (QED) is 0.837. The summed E-state index contributed by atoms with van der Waals surface area (Å²) in [5, 5.41) is 9.03. The molecule has 0 bridgehead atoms. The maximum Gasteiger partial charge on any atom is 0.354 e. The van der Waals surface area contributed by atoms with Crippen LogP contribution < -0.4 is 4.90 Å². The van der Waals surface area contributed by atoms with Crippen LogP contribution in [0.25, 0.3) is 5.65 Å². The number of carboxylic acids is 1. The van der Waals surface area contributed by atoms with Crippen molar-refractivity contribution in [2.75, 3.05) is 18.0 Å². The number of anilines is 1. The van der Waals surface area contributed by atoms with Crippen LogP contribution in [0.4, 0.5) is 5.82 Å². The molecular formula is C11H12N4O2. The third-order valence-electron chi connectivity index (χ3n) is 3.03. The maximum atomic E-state index is 11.0. The zero-order valence-electron chi connectivity index (χ0n) is 9.20. The van der Waals surface area contributed by atoms with E-state index < -0.39 is 5.97 Å². The van der Waals surface area contributed by atoms with Crippen molar-refractivity contribution in [2.24, 2.45) is 0 Å². The molecule has 1 aliphatic rings. The second kappa shape index (κ2) is 3.73. The van der Waals surface area contributed by atoms with Gasteiger partial charge in [-0.3, -0.25) is 4.40 Å². The first-order valence-electron chi connectivity index (χ1n) is 5.57. The highest BCUT2D eigenvalue weighted by Crippen LogP contribution is 2.22. The van der Waals surface area contributed by atoms with E-state index in [1.54, 1.807) is 16.8 Å². The van der Waals surface area contributed by atoms with Gasteiger partial charge in [0.15, 0.2) is 17.2 Å². The smallest absolute Gasteiger partial charge is 0.354 e. The Morgan fingerprint density at radius 3 is 2.76 bits per heavy atom. The summed E-state index contributed by atoms with van der Waals surface area (Å²) in [6, 6.07) is 0. The van der Waals surface area contributed by atoms with Gasteiger partial charge in [-0.2, -0.15) is 0 Å². The molecule has 1 N–H and O–H groups in total. The summed E-state index contributed by atoms with van der Waals surface area (Å²) < 4.78 is 1.57. The molecule has 0 spiro atoms. The SMILES string of the molecule is O=C(O)c1cnc2c(N3CCCC3)nccn12. The predicted molar refractivity (Wildman–Crippen MR) is 61.4 cm³/mol. The van der Waals surface area contributed by atoms with Gasteiger partial charge in [-0.15, -0.1) is 0 Å². The molecule has 0 unspecified atom stereocenters. The van der Waals surface area contributed by atoms with E-state index in [4.69, 9.17) is 5.11 Å². The minimum absolute atomic E-state index is 0.169. The Balaban J connectivity index is 2.16. The first kappa shape index (κ1) is 10.1. The summed E-state index contributed by atoms with van der Waals surface area (Å²) >= 11 is 0. The van der Waals surface area contributed by atoms with Crippen molar-refractivity contribution in [1.82, 2.24) is 14.4 Å². The highest BCUT2D eigenvalue weighted by atomic mass is 16.4. The van der Waals surface area contributed by atoms with Gasteiger partial charge in [0.1, 0.15) is 0 Å². The summed E-state index contributed by atoms with van der Waals surface area (Å²) in [6.45, 7) is 1.92. The second-order valence-electron chi connectivity index (χ2n) is 4.09. The summed E-state index contributed by atoms with van der Waals surface area (Å²) in [7, 11) is 0. The third-order valence-corrected chi connectivity index (χ3v) is 3.03. The van der Waals surface area contributed by atoms with Crippen molar-refractivity contribution in [3.05, 3.63) is 24.3 Å². The molecule has 0 amide bonds. The lowest BCUT2D eigenvalue weighted by molar-refractivity contribution is 0.0689. The number of rotatable bonds is 2. The minimum atomic E-state index is -0.976. The Bertz CT molecular complexity index is 572. The molecule has 17 heavy (non-hydrogen) atoms. The van der Waals surface area contributed by atoms with Crippen LogP contribution in [0, 0.1) is 0 Å². The Morgan fingerprint density at radius 1 is 1.29 bits per heavy atom. The van der Waals surface area contributed by atoms with Gasteiger partial charge in [-0.05, 0) is 12.8 Å². The van der Waals surface area contributed by atoms with Crippen molar-refractivity contribution in [1.29, 1.82) is 0 Å². The minimum Gasteiger partial charge on any atom is -0.477 e. The van der Waals surface area contributed by atoms with E-state index in [9.17, 15) is 4.79 Å². The molecule has 1 saturated heterocycles. The van der Waals surface area contributed by atoms with E-state index >= 15 is 0 Å². The van der Waals surface area contributed by atoms with Crippen LogP contribution in [0.1, 0.15) is 23.3 Å². The zero-order valence-corrected chi connectivity index (χ0v) is 9.20. The molecule has 0 aromatic carbocycles. The van der Waals surface area contributed by atoms with E-state index in [0.717, 1.165) is 31.7 Å². The monoisotopic (exact) mass is 232 g/mol. The number of aromatic carboxylic acids is 1. The third kappa shape index (κ3) is 1.52. The molecule has 88 valence electrons. The lowest BCUT2D eigenvalue weighted by Gasteiger charge is -2.16. The largest absolute Gasteiger partial charge is 0.477 e. The molecule has 2 aromatic heterocycles.